The van der Waals surface area contributed by atoms with Crippen molar-refractivity contribution in [2.45, 2.75) is 17.7 Å². The number of piperazine rings is 1. The number of carbonyl (C=O) groups is 1. The van der Waals surface area contributed by atoms with Crippen LogP contribution in [0.1, 0.15) is 12.8 Å². The van der Waals surface area contributed by atoms with Crippen LogP contribution in [-0.4, -0.2) is 62.8 Å². The minimum atomic E-state index is -3.59. The molecule has 0 aliphatic carbocycles. The maximum Gasteiger partial charge on any atom is 0.243 e. The zero-order chi connectivity index (χ0) is 19.7. The Morgan fingerprint density at radius 2 is 1.59 bits per heavy atom. The molecule has 2 aliphatic rings. The lowest BCUT2D eigenvalue weighted by atomic mass is 9.96. The van der Waals surface area contributed by atoms with Crippen molar-refractivity contribution in [2.75, 3.05) is 39.3 Å². The largest absolute Gasteiger partial charge is 0.340 e. The Hall–Kier alpha value is -1.38. The number of nitrogens with zero attached hydrogens (tertiary/aromatic N) is 2. The number of hydrogen-bond acceptors (Lipinski definition) is 4. The van der Waals surface area contributed by atoms with E-state index in [-0.39, 0.29) is 29.1 Å². The highest BCUT2D eigenvalue weighted by Gasteiger charge is 2.32. The molecule has 0 unspecified atom stereocenters. The Kier molecular flexibility index (Phi) is 7.06. The predicted molar refractivity (Wildman–Crippen MR) is 117 cm³/mol. The van der Waals surface area contributed by atoms with Crippen LogP contribution in [0.3, 0.4) is 0 Å². The highest BCUT2D eigenvalue weighted by molar-refractivity contribution is 7.89. The molecule has 0 bridgehead atoms. The molecule has 2 heterocycles. The molecule has 158 valence electrons. The third-order valence-corrected chi connectivity index (χ3v) is 7.78. The standard InChI is InChI=1S/C20H24ClN3O3S.ClH/c21-18-3-1-17-14-19(4-2-16(17)13-18)28(26,27)24-11-9-23(10-12-24)20(25)15-5-7-22-8-6-15;/h1-4,13-15,22H,5-12H2;1H. The van der Waals surface area contributed by atoms with Crippen LogP contribution in [0.5, 0.6) is 0 Å². The molecule has 1 N–H and O–H groups in total. The van der Waals surface area contributed by atoms with Crippen molar-refractivity contribution in [1.29, 1.82) is 0 Å². The monoisotopic (exact) mass is 457 g/mol. The van der Waals surface area contributed by atoms with Gasteiger partial charge in [-0.2, -0.15) is 4.31 Å². The van der Waals surface area contributed by atoms with Crippen LogP contribution in [0.4, 0.5) is 0 Å². The van der Waals surface area contributed by atoms with E-state index in [0.717, 1.165) is 36.7 Å². The fourth-order valence-electron chi connectivity index (χ4n) is 3.98. The van der Waals surface area contributed by atoms with Gasteiger partial charge >= 0.3 is 0 Å². The zero-order valence-electron chi connectivity index (χ0n) is 16.0. The summed E-state index contributed by atoms with van der Waals surface area (Å²) in [6.45, 7) is 3.31. The van der Waals surface area contributed by atoms with Crippen LogP contribution in [-0.2, 0) is 14.8 Å². The fourth-order valence-corrected chi connectivity index (χ4v) is 5.62. The average Bonchev–Trinajstić information content (AvgIpc) is 2.73. The molecule has 0 aromatic heterocycles. The van der Waals surface area contributed by atoms with Crippen LogP contribution in [0.2, 0.25) is 5.02 Å². The molecule has 6 nitrogen and oxygen atoms in total. The number of fused-ring (bicyclic) bond motifs is 1. The van der Waals surface area contributed by atoms with Crippen LogP contribution in [0, 0.1) is 5.92 Å². The van der Waals surface area contributed by atoms with E-state index in [1.807, 2.05) is 17.0 Å². The van der Waals surface area contributed by atoms with E-state index in [2.05, 4.69) is 5.32 Å². The molecule has 2 aromatic rings. The summed E-state index contributed by atoms with van der Waals surface area (Å²) >= 11 is 6.00. The Labute approximate surface area is 182 Å². The number of hydrogen-bond donors (Lipinski definition) is 1. The summed E-state index contributed by atoms with van der Waals surface area (Å²) in [6, 6.07) is 10.5. The van der Waals surface area contributed by atoms with Crippen molar-refractivity contribution < 1.29 is 13.2 Å². The van der Waals surface area contributed by atoms with E-state index in [4.69, 9.17) is 11.6 Å². The molecule has 2 saturated heterocycles. The molecule has 0 saturated carbocycles. The Bertz CT molecular complexity index is 986. The van der Waals surface area contributed by atoms with Gasteiger partial charge < -0.3 is 10.2 Å². The van der Waals surface area contributed by atoms with Gasteiger partial charge in [-0.15, -0.1) is 12.4 Å². The van der Waals surface area contributed by atoms with Gasteiger partial charge in [0.25, 0.3) is 0 Å². The fraction of sp³-hybridized carbons (Fsp3) is 0.450. The van der Waals surface area contributed by atoms with Crippen LogP contribution in [0.15, 0.2) is 41.3 Å². The number of benzene rings is 2. The van der Waals surface area contributed by atoms with Crippen LogP contribution < -0.4 is 5.32 Å². The van der Waals surface area contributed by atoms with E-state index >= 15 is 0 Å². The first-order chi connectivity index (χ1) is 13.4. The van der Waals surface area contributed by atoms with E-state index in [9.17, 15) is 13.2 Å². The first-order valence-electron chi connectivity index (χ1n) is 9.64. The van der Waals surface area contributed by atoms with Crippen LogP contribution >= 0.6 is 24.0 Å². The van der Waals surface area contributed by atoms with Gasteiger partial charge in [0.2, 0.25) is 15.9 Å². The first kappa shape index (κ1) is 22.3. The number of halogens is 2. The lowest BCUT2D eigenvalue weighted by Crippen LogP contribution is -2.52. The number of carbonyl (C=O) groups excluding carboxylic acids is 1. The molecule has 9 heteroatoms. The molecule has 0 spiro atoms. The van der Waals surface area contributed by atoms with Gasteiger partial charge in [-0.3, -0.25) is 4.79 Å². The summed E-state index contributed by atoms with van der Waals surface area (Å²) in [4.78, 5) is 14.8. The highest BCUT2D eigenvalue weighted by Crippen LogP contribution is 2.25. The maximum absolute atomic E-state index is 13.1. The second kappa shape index (κ2) is 9.18. The minimum Gasteiger partial charge on any atom is -0.340 e. The van der Waals surface area contributed by atoms with E-state index in [0.29, 0.717) is 31.2 Å². The summed E-state index contributed by atoms with van der Waals surface area (Å²) in [7, 11) is -3.59. The Balaban J connectivity index is 0.00000240. The van der Waals surface area contributed by atoms with Gasteiger partial charge in [0, 0.05) is 37.1 Å². The molecule has 0 radical (unpaired) electrons. The van der Waals surface area contributed by atoms with E-state index < -0.39 is 10.0 Å². The van der Waals surface area contributed by atoms with Crippen LogP contribution in [0.25, 0.3) is 10.8 Å². The van der Waals surface area contributed by atoms with Gasteiger partial charge in [0.05, 0.1) is 4.90 Å². The molecular weight excluding hydrogens is 433 g/mol. The SMILES string of the molecule is Cl.O=C(C1CCNCC1)N1CCN(S(=O)(=O)c2ccc3cc(Cl)ccc3c2)CC1. The van der Waals surface area contributed by atoms with Crippen molar-refractivity contribution in [3.63, 3.8) is 0 Å². The first-order valence-corrected chi connectivity index (χ1v) is 11.5. The molecule has 2 aliphatic heterocycles. The lowest BCUT2D eigenvalue weighted by molar-refractivity contribution is -0.137. The van der Waals surface area contributed by atoms with Crippen molar-refractivity contribution in [1.82, 2.24) is 14.5 Å². The van der Waals surface area contributed by atoms with Gasteiger partial charge in [-0.25, -0.2) is 8.42 Å². The van der Waals surface area contributed by atoms with Gasteiger partial charge in [-0.05, 0) is 61.0 Å². The van der Waals surface area contributed by atoms with Crippen molar-refractivity contribution in [3.8, 4) is 0 Å². The Morgan fingerprint density at radius 3 is 2.28 bits per heavy atom. The highest BCUT2D eigenvalue weighted by atomic mass is 35.5. The minimum absolute atomic E-state index is 0. The van der Waals surface area contributed by atoms with Gasteiger partial charge in [0.15, 0.2) is 0 Å². The molecular formula is C20H25Cl2N3O3S. The average molecular weight is 458 g/mol. The summed E-state index contributed by atoms with van der Waals surface area (Å²) in [5.41, 5.74) is 0. The zero-order valence-corrected chi connectivity index (χ0v) is 18.4. The summed E-state index contributed by atoms with van der Waals surface area (Å²) < 4.78 is 27.6. The number of sulfonamides is 1. The lowest BCUT2D eigenvalue weighted by Gasteiger charge is -2.36. The number of rotatable bonds is 3. The van der Waals surface area contributed by atoms with E-state index in [1.165, 1.54) is 4.31 Å². The molecule has 29 heavy (non-hydrogen) atoms. The second-order valence-corrected chi connectivity index (χ2v) is 9.78. The van der Waals surface area contributed by atoms with Gasteiger partial charge in [0.1, 0.15) is 0 Å². The maximum atomic E-state index is 13.1. The number of piperidine rings is 1. The second-order valence-electron chi connectivity index (χ2n) is 7.41. The molecule has 1 amide bonds. The topological polar surface area (TPSA) is 69.7 Å². The van der Waals surface area contributed by atoms with E-state index in [1.54, 1.807) is 24.3 Å². The summed E-state index contributed by atoms with van der Waals surface area (Å²) in [5.74, 6) is 0.234. The molecule has 2 aromatic carbocycles. The van der Waals surface area contributed by atoms with Crippen molar-refractivity contribution >= 4 is 50.7 Å². The third-order valence-electron chi connectivity index (χ3n) is 5.65. The number of nitrogens with one attached hydrogen (secondary N) is 1. The molecule has 4 rings (SSSR count). The Morgan fingerprint density at radius 1 is 0.966 bits per heavy atom. The normalized spacial score (nSPS) is 19.1. The molecule has 2 fully saturated rings. The van der Waals surface area contributed by atoms with Gasteiger partial charge in [-0.1, -0.05) is 23.7 Å². The predicted octanol–water partition coefficient (Wildman–Crippen LogP) is 2.75. The smallest absolute Gasteiger partial charge is 0.243 e. The summed E-state index contributed by atoms with van der Waals surface area (Å²) in [6.07, 6.45) is 1.72. The molecule has 0 atom stereocenters. The van der Waals surface area contributed by atoms with Crippen molar-refractivity contribution in [2.24, 2.45) is 5.92 Å². The van der Waals surface area contributed by atoms with Crippen molar-refractivity contribution in [3.05, 3.63) is 41.4 Å². The third kappa shape index (κ3) is 4.70. The summed E-state index contributed by atoms with van der Waals surface area (Å²) in [5, 5.41) is 5.63. The quantitative estimate of drug-likeness (QED) is 0.768. The number of amides is 1.